The quantitative estimate of drug-likeness (QED) is 0.161. The summed E-state index contributed by atoms with van der Waals surface area (Å²) in [5.74, 6) is -1.37. The molecule has 11 aromatic rings. The van der Waals surface area contributed by atoms with E-state index in [1.165, 1.54) is 62.7 Å². The summed E-state index contributed by atoms with van der Waals surface area (Å²) in [5.41, 5.74) is 13.6. The van der Waals surface area contributed by atoms with Crippen molar-refractivity contribution in [1.29, 1.82) is 10.5 Å². The van der Waals surface area contributed by atoms with Crippen LogP contribution >= 0.6 is 0 Å². The molecule has 0 saturated heterocycles. The minimum Gasteiger partial charge on any atom is -0.309 e. The van der Waals surface area contributed by atoms with E-state index >= 15 is 0 Å². The maximum atomic E-state index is 14.2. The van der Waals surface area contributed by atoms with Gasteiger partial charge in [0.15, 0.2) is 0 Å². The second-order valence-electron chi connectivity index (χ2n) is 17.8. The lowest BCUT2D eigenvalue weighted by molar-refractivity contribution is -0.140. The van der Waals surface area contributed by atoms with Gasteiger partial charge >= 0.3 is 12.4 Å². The molecule has 0 bridgehead atoms. The van der Waals surface area contributed by atoms with Gasteiger partial charge in [0.2, 0.25) is 0 Å². The number of alkyl halides is 6. The molecule has 75 heavy (non-hydrogen) atoms. The van der Waals surface area contributed by atoms with Gasteiger partial charge in [-0.2, -0.15) is 36.9 Å². The van der Waals surface area contributed by atoms with Crippen LogP contribution in [0.5, 0.6) is 0 Å². The molecule has 0 amide bonds. The molecule has 1 aromatic heterocycles. The highest BCUT2D eigenvalue weighted by Gasteiger charge is 2.36. The van der Waals surface area contributed by atoms with Gasteiger partial charge in [-0.3, -0.25) is 0 Å². The minimum absolute atomic E-state index is 0.00794. The SMILES string of the molecule is N#Cc1ccc(-n2c3ccc(-c4ccccc4)cc3c3cc(-c4ccccc4)ccc32)c(C(F)(F)F)c1.N#Cc1ccc(F)c(C(F)(F)F)c1.c1ccc(-c2ccc3c(c2)-c2cc(-c4ccccc4)ccc2C3)cc1. The molecule has 3 nitrogen and oxygen atoms in total. The van der Waals surface area contributed by atoms with E-state index in [2.05, 4.69) is 97.1 Å². The van der Waals surface area contributed by atoms with Crippen molar-refractivity contribution in [3.8, 4) is 73.5 Å². The van der Waals surface area contributed by atoms with Crippen molar-refractivity contribution in [3.63, 3.8) is 0 Å². The van der Waals surface area contributed by atoms with Crippen molar-refractivity contribution in [2.45, 2.75) is 18.8 Å². The molecule has 0 saturated carbocycles. The lowest BCUT2D eigenvalue weighted by atomic mass is 9.96. The second kappa shape index (κ2) is 20.5. The Morgan fingerprint density at radius 1 is 0.360 bits per heavy atom. The molecule has 0 fully saturated rings. The number of hydrogen-bond acceptors (Lipinski definition) is 2. The smallest absolute Gasteiger partial charge is 0.309 e. The Bertz CT molecular complexity index is 3780. The van der Waals surface area contributed by atoms with Crippen molar-refractivity contribution in [1.82, 2.24) is 4.57 Å². The van der Waals surface area contributed by atoms with E-state index < -0.39 is 29.3 Å². The zero-order chi connectivity index (χ0) is 52.3. The van der Waals surface area contributed by atoms with Crippen LogP contribution in [0.2, 0.25) is 0 Å². The van der Waals surface area contributed by atoms with E-state index in [-0.39, 0.29) is 16.8 Å². The second-order valence-corrected chi connectivity index (χ2v) is 17.8. The van der Waals surface area contributed by atoms with Crippen LogP contribution in [0.1, 0.15) is 33.4 Å². The zero-order valence-electron chi connectivity index (χ0n) is 39.6. The first kappa shape index (κ1) is 49.1. The van der Waals surface area contributed by atoms with Crippen LogP contribution in [0.15, 0.2) is 231 Å². The van der Waals surface area contributed by atoms with Crippen LogP contribution in [0.25, 0.3) is 83.1 Å². The zero-order valence-corrected chi connectivity index (χ0v) is 39.6. The molecule has 364 valence electrons. The van der Waals surface area contributed by atoms with Gasteiger partial charge in [0, 0.05) is 10.8 Å². The highest BCUT2D eigenvalue weighted by atomic mass is 19.4. The average Bonchev–Trinajstić information content (AvgIpc) is 3.99. The van der Waals surface area contributed by atoms with Gasteiger partial charge in [0.25, 0.3) is 0 Å². The number of nitriles is 2. The third-order valence-electron chi connectivity index (χ3n) is 13.2. The standard InChI is InChI=1S/C32H19F3N2.C25H18.C8H3F4N/c33-32(34,35)28-17-21(20-36)11-14-31(28)37-29-15-12-24(22-7-3-1-4-8-22)18-26(29)27-19-25(13-16-30(27)37)23-9-5-2-6-10-23;1-3-7-18(8-4-1)20-11-13-22-15-23-14-12-21(17-25(23)24(22)16-20)19-9-5-2-6-10-19;9-7-2-1-5(4-13)3-6(7)8(10,11)12/h1-19H;1-14,16-17H,15H2;1-3H. The van der Waals surface area contributed by atoms with E-state index in [4.69, 9.17) is 5.26 Å². The fourth-order valence-electron chi connectivity index (χ4n) is 9.53. The predicted octanol–water partition coefficient (Wildman–Crippen LogP) is 18.3. The summed E-state index contributed by atoms with van der Waals surface area (Å²) < 4.78 is 92.9. The maximum absolute atomic E-state index is 14.2. The average molecular weight is 996 g/mol. The summed E-state index contributed by atoms with van der Waals surface area (Å²) in [6, 6.07) is 75.7. The topological polar surface area (TPSA) is 52.5 Å². The molecule has 1 heterocycles. The summed E-state index contributed by atoms with van der Waals surface area (Å²) in [4.78, 5) is 0. The van der Waals surface area contributed by atoms with E-state index in [1.54, 1.807) is 4.57 Å². The Morgan fingerprint density at radius 3 is 1.11 bits per heavy atom. The molecular formula is C65H40F7N3. The van der Waals surface area contributed by atoms with Crippen LogP contribution in [0.3, 0.4) is 0 Å². The Kier molecular flexibility index (Phi) is 13.4. The molecule has 12 rings (SSSR count). The van der Waals surface area contributed by atoms with Gasteiger partial charge in [-0.1, -0.05) is 158 Å². The third-order valence-corrected chi connectivity index (χ3v) is 13.2. The Morgan fingerprint density at radius 2 is 0.720 bits per heavy atom. The van der Waals surface area contributed by atoms with E-state index in [0.717, 1.165) is 51.6 Å². The maximum Gasteiger partial charge on any atom is 0.419 e. The molecule has 0 N–H and O–H groups in total. The molecule has 1 aliphatic rings. The van der Waals surface area contributed by atoms with Crippen LogP contribution in [-0.4, -0.2) is 4.57 Å². The van der Waals surface area contributed by atoms with Crippen molar-refractivity contribution < 1.29 is 30.7 Å². The largest absolute Gasteiger partial charge is 0.419 e. The molecule has 10 aromatic carbocycles. The highest BCUT2D eigenvalue weighted by Crippen LogP contribution is 2.43. The number of nitrogens with zero attached hydrogens (tertiary/aromatic N) is 3. The van der Waals surface area contributed by atoms with E-state index in [9.17, 15) is 36.0 Å². The number of benzene rings is 10. The number of fused-ring (bicyclic) bond motifs is 6. The van der Waals surface area contributed by atoms with Crippen molar-refractivity contribution in [2.24, 2.45) is 0 Å². The Balaban J connectivity index is 0.000000145. The number of rotatable bonds is 5. The molecule has 0 radical (unpaired) electrons. The lowest BCUT2D eigenvalue weighted by Crippen LogP contribution is -2.11. The Labute approximate surface area is 427 Å². The van der Waals surface area contributed by atoms with Gasteiger partial charge in [0.1, 0.15) is 5.82 Å². The van der Waals surface area contributed by atoms with Crippen LogP contribution in [0, 0.1) is 28.5 Å². The third kappa shape index (κ3) is 10.3. The molecule has 0 atom stereocenters. The van der Waals surface area contributed by atoms with Crippen molar-refractivity contribution >= 4 is 21.8 Å². The van der Waals surface area contributed by atoms with E-state index in [0.29, 0.717) is 23.2 Å². The van der Waals surface area contributed by atoms with Crippen LogP contribution in [0.4, 0.5) is 30.7 Å². The van der Waals surface area contributed by atoms with Gasteiger partial charge in [0.05, 0.1) is 51.1 Å². The first-order valence-electron chi connectivity index (χ1n) is 23.7. The van der Waals surface area contributed by atoms with Gasteiger partial charge in [-0.15, -0.1) is 0 Å². The molecule has 0 aliphatic heterocycles. The van der Waals surface area contributed by atoms with Crippen LogP contribution in [-0.2, 0) is 18.8 Å². The first-order chi connectivity index (χ1) is 36.3. The predicted molar refractivity (Wildman–Crippen MR) is 283 cm³/mol. The Hall–Kier alpha value is -9.51. The molecule has 10 heteroatoms. The fraction of sp³-hybridized carbons (Fsp3) is 0.0462. The minimum atomic E-state index is -4.75. The highest BCUT2D eigenvalue weighted by molar-refractivity contribution is 6.11. The number of halogens is 7. The van der Waals surface area contributed by atoms with Crippen molar-refractivity contribution in [2.75, 3.05) is 0 Å². The van der Waals surface area contributed by atoms with Gasteiger partial charge < -0.3 is 4.57 Å². The fourth-order valence-corrected chi connectivity index (χ4v) is 9.53. The summed E-state index contributed by atoms with van der Waals surface area (Å²) >= 11 is 0. The van der Waals surface area contributed by atoms with Gasteiger partial charge in [-0.25, -0.2) is 4.39 Å². The summed E-state index contributed by atoms with van der Waals surface area (Å²) in [6.07, 6.45) is -8.34. The van der Waals surface area contributed by atoms with Crippen molar-refractivity contribution in [3.05, 3.63) is 270 Å². The first-order valence-corrected chi connectivity index (χ1v) is 23.7. The van der Waals surface area contributed by atoms with Crippen LogP contribution < -0.4 is 0 Å². The normalized spacial score (nSPS) is 11.6. The summed E-state index contributed by atoms with van der Waals surface area (Å²) in [5, 5.41) is 19.2. The summed E-state index contributed by atoms with van der Waals surface area (Å²) in [7, 11) is 0. The molecular weight excluding hydrogens is 956 g/mol. The monoisotopic (exact) mass is 995 g/mol. The lowest BCUT2D eigenvalue weighted by Gasteiger charge is -2.16. The molecule has 1 aliphatic carbocycles. The van der Waals surface area contributed by atoms with Gasteiger partial charge in [-0.05, 0) is 146 Å². The van der Waals surface area contributed by atoms with E-state index in [1.807, 2.05) is 103 Å². The molecule has 0 spiro atoms. The summed E-state index contributed by atoms with van der Waals surface area (Å²) in [6.45, 7) is 0. The molecule has 0 unspecified atom stereocenters. The number of aromatic nitrogens is 1. The number of hydrogen-bond donors (Lipinski definition) is 0.